The average Bonchev–Trinajstić information content (AvgIpc) is 2.75. The smallest absolute Gasteiger partial charge is 0.481 e. The first-order valence-corrected chi connectivity index (χ1v) is 8.01. The van der Waals surface area contributed by atoms with Gasteiger partial charge in [0, 0.05) is 11.8 Å². The summed E-state index contributed by atoms with van der Waals surface area (Å²) in [6, 6.07) is 3.86. The third-order valence-electron chi connectivity index (χ3n) is 4.91. The number of nitrogens with zero attached hydrogens (tertiary/aromatic N) is 1. The molecule has 0 radical (unpaired) electrons. The summed E-state index contributed by atoms with van der Waals surface area (Å²) in [5.74, 6) is 0.587. The highest BCUT2D eigenvalue weighted by atomic mass is 16.7. The van der Waals surface area contributed by atoms with Gasteiger partial charge in [-0.05, 0) is 51.7 Å². The predicted octanol–water partition coefficient (Wildman–Crippen LogP) is 3.11. The van der Waals surface area contributed by atoms with E-state index in [2.05, 4.69) is 38.8 Å². The number of hydrogen-bond donors (Lipinski definition) is 0. The van der Waals surface area contributed by atoms with Crippen LogP contribution >= 0.6 is 0 Å². The van der Waals surface area contributed by atoms with Crippen LogP contribution in [0, 0.1) is 0 Å². The van der Waals surface area contributed by atoms with Gasteiger partial charge in [0.1, 0.15) is 6.10 Å². The maximum atomic E-state index is 6.15. The Morgan fingerprint density at radius 2 is 1.91 bits per heavy atom. The fourth-order valence-corrected chi connectivity index (χ4v) is 2.79. The van der Waals surface area contributed by atoms with Crippen molar-refractivity contribution < 1.29 is 18.8 Å². The van der Waals surface area contributed by atoms with Crippen molar-refractivity contribution in [2.45, 2.75) is 51.4 Å². The van der Waals surface area contributed by atoms with Gasteiger partial charge in [0.25, 0.3) is 0 Å². The second-order valence-electron chi connectivity index (χ2n) is 6.97. The molecule has 1 aromatic rings. The van der Waals surface area contributed by atoms with Crippen molar-refractivity contribution >= 4 is 7.12 Å². The van der Waals surface area contributed by atoms with Crippen LogP contribution in [0.2, 0.25) is 0 Å². The van der Waals surface area contributed by atoms with Gasteiger partial charge in [-0.15, -0.1) is 0 Å². The zero-order valence-electron chi connectivity index (χ0n) is 14.5. The first-order valence-electron chi connectivity index (χ1n) is 8.01. The fraction of sp³-hybridized carbons (Fsp3) is 0.588. The standard InChI is InChI=1S/C17H24BNO4/c1-16(2)17(3,4)23-18(22-16)12-8-10-21-14(11-12)13-7-6-9-19-15(13)20-5/h6-7,9,11,14H,8,10H2,1-5H3. The lowest BCUT2D eigenvalue weighted by Crippen LogP contribution is -2.41. The highest BCUT2D eigenvalue weighted by Gasteiger charge is 2.52. The molecule has 124 valence electrons. The molecule has 0 aliphatic carbocycles. The Bertz CT molecular complexity index is 598. The van der Waals surface area contributed by atoms with Crippen LogP contribution in [0.5, 0.6) is 5.88 Å². The van der Waals surface area contributed by atoms with Gasteiger partial charge in [-0.3, -0.25) is 0 Å². The summed E-state index contributed by atoms with van der Waals surface area (Å²) < 4.78 is 23.5. The molecule has 1 saturated heterocycles. The molecule has 0 bridgehead atoms. The van der Waals surface area contributed by atoms with Crippen molar-refractivity contribution in [3.63, 3.8) is 0 Å². The Morgan fingerprint density at radius 3 is 2.57 bits per heavy atom. The van der Waals surface area contributed by atoms with Crippen molar-refractivity contribution in [2.75, 3.05) is 13.7 Å². The molecule has 0 saturated carbocycles. The third-order valence-corrected chi connectivity index (χ3v) is 4.91. The van der Waals surface area contributed by atoms with E-state index in [-0.39, 0.29) is 24.4 Å². The first-order chi connectivity index (χ1) is 10.8. The van der Waals surface area contributed by atoms with Crippen LogP contribution in [-0.2, 0) is 14.0 Å². The van der Waals surface area contributed by atoms with Crippen molar-refractivity contribution in [1.29, 1.82) is 0 Å². The van der Waals surface area contributed by atoms with Crippen molar-refractivity contribution in [3.05, 3.63) is 35.4 Å². The summed E-state index contributed by atoms with van der Waals surface area (Å²) in [6.45, 7) is 8.88. The number of pyridine rings is 1. The van der Waals surface area contributed by atoms with Crippen molar-refractivity contribution in [3.8, 4) is 5.88 Å². The van der Waals surface area contributed by atoms with E-state index in [4.69, 9.17) is 18.8 Å². The SMILES string of the molecule is COc1ncccc1C1C=C(B2OC(C)(C)C(C)(C)O2)CCO1. The molecule has 2 aliphatic rings. The normalized spacial score (nSPS) is 26.0. The Kier molecular flexibility index (Phi) is 4.25. The third kappa shape index (κ3) is 3.03. The molecule has 6 heteroatoms. The van der Waals surface area contributed by atoms with Crippen LogP contribution < -0.4 is 4.74 Å². The Labute approximate surface area is 138 Å². The highest BCUT2D eigenvalue weighted by molar-refractivity contribution is 6.54. The Hall–Kier alpha value is -1.37. The second-order valence-corrected chi connectivity index (χ2v) is 6.97. The molecule has 0 amide bonds. The molecule has 2 aliphatic heterocycles. The van der Waals surface area contributed by atoms with Gasteiger partial charge in [0.2, 0.25) is 5.88 Å². The maximum Gasteiger partial charge on any atom is 0.490 e. The lowest BCUT2D eigenvalue weighted by molar-refractivity contribution is 0.00578. The van der Waals surface area contributed by atoms with Gasteiger partial charge >= 0.3 is 7.12 Å². The number of aromatic nitrogens is 1. The molecule has 0 spiro atoms. The molecule has 1 unspecified atom stereocenters. The molecule has 5 nitrogen and oxygen atoms in total. The molecule has 1 atom stereocenters. The number of methoxy groups -OCH3 is 1. The molecule has 0 aromatic carbocycles. The topological polar surface area (TPSA) is 49.8 Å². The van der Waals surface area contributed by atoms with E-state index in [0.717, 1.165) is 17.5 Å². The monoisotopic (exact) mass is 317 g/mol. The van der Waals surface area contributed by atoms with E-state index in [1.165, 1.54) is 0 Å². The number of rotatable bonds is 3. The van der Waals surface area contributed by atoms with Gasteiger partial charge < -0.3 is 18.8 Å². The summed E-state index contributed by atoms with van der Waals surface area (Å²) in [5, 5.41) is 0. The van der Waals surface area contributed by atoms with Gasteiger partial charge in [-0.1, -0.05) is 6.08 Å². The molecule has 1 fully saturated rings. The minimum absolute atomic E-state index is 0.193. The van der Waals surface area contributed by atoms with Gasteiger partial charge in [-0.2, -0.15) is 0 Å². The minimum atomic E-state index is -0.335. The molecular formula is C17H24BNO4. The Balaban J connectivity index is 1.86. The van der Waals surface area contributed by atoms with Crippen LogP contribution in [0.25, 0.3) is 0 Å². The van der Waals surface area contributed by atoms with E-state index in [1.807, 2.05) is 12.1 Å². The molecule has 3 rings (SSSR count). The minimum Gasteiger partial charge on any atom is -0.481 e. The number of ether oxygens (including phenoxy) is 2. The highest BCUT2D eigenvalue weighted by Crippen LogP contribution is 2.41. The summed E-state index contributed by atoms with van der Waals surface area (Å²) in [6.07, 6.45) is 4.40. The molecule has 1 aromatic heterocycles. The summed E-state index contributed by atoms with van der Waals surface area (Å²) in [7, 11) is 1.29. The van der Waals surface area contributed by atoms with Crippen LogP contribution in [-0.4, -0.2) is 37.0 Å². The second kappa shape index (κ2) is 5.93. The van der Waals surface area contributed by atoms with Crippen LogP contribution in [0.4, 0.5) is 0 Å². The quantitative estimate of drug-likeness (QED) is 0.802. The van der Waals surface area contributed by atoms with Gasteiger partial charge in [0.15, 0.2) is 0 Å². The molecule has 3 heterocycles. The van der Waals surface area contributed by atoms with E-state index in [0.29, 0.717) is 12.5 Å². The zero-order valence-corrected chi connectivity index (χ0v) is 14.5. The summed E-state index contributed by atoms with van der Waals surface area (Å²) >= 11 is 0. The lowest BCUT2D eigenvalue weighted by Gasteiger charge is -2.32. The van der Waals surface area contributed by atoms with E-state index >= 15 is 0 Å². The summed E-state index contributed by atoms with van der Waals surface area (Å²) in [5.41, 5.74) is 1.37. The predicted molar refractivity (Wildman–Crippen MR) is 88.3 cm³/mol. The van der Waals surface area contributed by atoms with Crippen molar-refractivity contribution in [2.24, 2.45) is 0 Å². The zero-order chi connectivity index (χ0) is 16.7. The van der Waals surface area contributed by atoms with Crippen molar-refractivity contribution in [1.82, 2.24) is 4.98 Å². The number of hydrogen-bond acceptors (Lipinski definition) is 5. The summed E-state index contributed by atoms with van der Waals surface area (Å²) in [4.78, 5) is 4.25. The van der Waals surface area contributed by atoms with E-state index in [1.54, 1.807) is 13.3 Å². The average molecular weight is 317 g/mol. The molecular weight excluding hydrogens is 293 g/mol. The maximum absolute atomic E-state index is 6.15. The first kappa shape index (κ1) is 16.5. The van der Waals surface area contributed by atoms with E-state index < -0.39 is 0 Å². The molecule has 0 N–H and O–H groups in total. The lowest BCUT2D eigenvalue weighted by atomic mass is 9.74. The van der Waals surface area contributed by atoms with E-state index in [9.17, 15) is 0 Å². The van der Waals surface area contributed by atoms with Crippen LogP contribution in [0.15, 0.2) is 29.9 Å². The van der Waals surface area contributed by atoms with Crippen LogP contribution in [0.3, 0.4) is 0 Å². The van der Waals surface area contributed by atoms with Gasteiger partial charge in [0.05, 0.1) is 24.9 Å². The Morgan fingerprint density at radius 1 is 1.22 bits per heavy atom. The largest absolute Gasteiger partial charge is 0.490 e. The van der Waals surface area contributed by atoms with Crippen LogP contribution in [0.1, 0.15) is 45.8 Å². The molecule has 23 heavy (non-hydrogen) atoms. The van der Waals surface area contributed by atoms with Gasteiger partial charge in [-0.25, -0.2) is 4.98 Å². The fourth-order valence-electron chi connectivity index (χ4n) is 2.79.